The van der Waals surface area contributed by atoms with Crippen molar-refractivity contribution in [3.05, 3.63) is 74.0 Å². The fourth-order valence-electron chi connectivity index (χ4n) is 1.92. The van der Waals surface area contributed by atoms with Gasteiger partial charge in [-0.1, -0.05) is 27.5 Å². The normalized spacial score (nSPS) is 10.6. The molecule has 6 heteroatoms. The Morgan fingerprint density at radius 2 is 1.86 bits per heavy atom. The lowest BCUT2D eigenvalue weighted by Gasteiger charge is -2.07. The van der Waals surface area contributed by atoms with E-state index < -0.39 is 11.6 Å². The van der Waals surface area contributed by atoms with Crippen molar-refractivity contribution < 1.29 is 13.9 Å². The number of esters is 1. The zero-order chi connectivity index (χ0) is 15.7. The Balaban J connectivity index is 1.93. The number of ether oxygens (including phenoxy) is 1. The number of benzene rings is 2. The summed E-state index contributed by atoms with van der Waals surface area (Å²) in [5, 5.41) is 1.03. The summed E-state index contributed by atoms with van der Waals surface area (Å²) in [7, 11) is 0. The molecular weight excluding hydrogens is 372 g/mol. The molecule has 0 unspecified atom stereocenters. The Labute approximate surface area is 138 Å². The smallest absolute Gasteiger partial charge is 0.345 e. The molecule has 0 aliphatic rings. The van der Waals surface area contributed by atoms with Gasteiger partial charge < -0.3 is 9.15 Å². The quantitative estimate of drug-likeness (QED) is 0.375. The SMILES string of the molecule is O=C(Oc1ccc2ccc(=O)oc2c1)c1cc(Br)ccc1Cl. The molecule has 1 aromatic heterocycles. The average molecular weight is 380 g/mol. The van der Waals surface area contributed by atoms with Gasteiger partial charge in [-0.15, -0.1) is 0 Å². The van der Waals surface area contributed by atoms with Crippen molar-refractivity contribution in [3.8, 4) is 5.75 Å². The lowest BCUT2D eigenvalue weighted by atomic mass is 10.2. The first-order chi connectivity index (χ1) is 10.5. The van der Waals surface area contributed by atoms with E-state index in [1.54, 1.807) is 36.4 Å². The minimum Gasteiger partial charge on any atom is -0.423 e. The van der Waals surface area contributed by atoms with Crippen LogP contribution >= 0.6 is 27.5 Å². The lowest BCUT2D eigenvalue weighted by Crippen LogP contribution is -2.09. The highest BCUT2D eigenvalue weighted by atomic mass is 79.9. The van der Waals surface area contributed by atoms with Crippen LogP contribution in [0.15, 0.2) is 62.2 Å². The van der Waals surface area contributed by atoms with Crippen LogP contribution in [0.5, 0.6) is 5.75 Å². The standard InChI is InChI=1S/C16H8BrClO4/c17-10-3-5-13(18)12(7-10)16(20)21-11-4-1-9-2-6-15(19)22-14(9)8-11/h1-8H. The van der Waals surface area contributed by atoms with E-state index in [4.69, 9.17) is 20.8 Å². The third-order valence-electron chi connectivity index (χ3n) is 2.95. The zero-order valence-electron chi connectivity index (χ0n) is 11.0. The maximum Gasteiger partial charge on any atom is 0.345 e. The van der Waals surface area contributed by atoms with Crippen molar-refractivity contribution in [1.82, 2.24) is 0 Å². The highest BCUT2D eigenvalue weighted by Gasteiger charge is 2.14. The van der Waals surface area contributed by atoms with Gasteiger partial charge in [0.15, 0.2) is 0 Å². The summed E-state index contributed by atoms with van der Waals surface area (Å²) in [6, 6.07) is 12.7. The van der Waals surface area contributed by atoms with Gasteiger partial charge >= 0.3 is 11.6 Å². The molecule has 0 bridgehead atoms. The summed E-state index contributed by atoms with van der Waals surface area (Å²) in [5.41, 5.74) is 0.120. The number of hydrogen-bond donors (Lipinski definition) is 0. The Bertz CT molecular complexity index is 933. The van der Waals surface area contributed by atoms with E-state index >= 15 is 0 Å². The predicted octanol–water partition coefficient (Wildman–Crippen LogP) is 4.43. The van der Waals surface area contributed by atoms with Crippen LogP contribution in [0.2, 0.25) is 5.02 Å². The van der Waals surface area contributed by atoms with E-state index in [0.717, 1.165) is 5.39 Å². The number of carbonyl (C=O) groups is 1. The molecule has 0 saturated heterocycles. The van der Waals surface area contributed by atoms with Gasteiger partial charge in [0.2, 0.25) is 0 Å². The lowest BCUT2D eigenvalue weighted by molar-refractivity contribution is 0.0735. The number of rotatable bonds is 2. The highest BCUT2D eigenvalue weighted by Crippen LogP contribution is 2.24. The molecule has 3 aromatic rings. The van der Waals surface area contributed by atoms with Crippen molar-refractivity contribution in [1.29, 1.82) is 0 Å². The van der Waals surface area contributed by atoms with Crippen LogP contribution in [-0.2, 0) is 0 Å². The first kappa shape index (κ1) is 14.8. The largest absolute Gasteiger partial charge is 0.423 e. The molecule has 0 aliphatic heterocycles. The molecule has 22 heavy (non-hydrogen) atoms. The topological polar surface area (TPSA) is 56.5 Å². The third-order valence-corrected chi connectivity index (χ3v) is 3.78. The average Bonchev–Trinajstić information content (AvgIpc) is 2.49. The van der Waals surface area contributed by atoms with Gasteiger partial charge in [0.05, 0.1) is 10.6 Å². The molecule has 0 aliphatic carbocycles. The van der Waals surface area contributed by atoms with Gasteiger partial charge in [-0.05, 0) is 36.4 Å². The summed E-state index contributed by atoms with van der Waals surface area (Å²) in [6.45, 7) is 0. The zero-order valence-corrected chi connectivity index (χ0v) is 13.3. The van der Waals surface area contributed by atoms with Gasteiger partial charge in [-0.2, -0.15) is 0 Å². The number of halogens is 2. The second-order valence-corrected chi connectivity index (χ2v) is 5.79. The summed E-state index contributed by atoms with van der Waals surface area (Å²) in [5.74, 6) is -0.327. The predicted molar refractivity (Wildman–Crippen MR) is 86.6 cm³/mol. The molecule has 0 spiro atoms. The molecule has 0 N–H and O–H groups in total. The van der Waals surface area contributed by atoms with Crippen LogP contribution in [0.1, 0.15) is 10.4 Å². The fraction of sp³-hybridized carbons (Fsp3) is 0. The second-order valence-electron chi connectivity index (χ2n) is 4.47. The van der Waals surface area contributed by atoms with Crippen molar-refractivity contribution in [2.75, 3.05) is 0 Å². The minimum atomic E-state index is -0.594. The van der Waals surface area contributed by atoms with Crippen LogP contribution in [-0.4, -0.2) is 5.97 Å². The van der Waals surface area contributed by atoms with E-state index in [1.165, 1.54) is 12.1 Å². The molecule has 0 amide bonds. The first-order valence-corrected chi connectivity index (χ1v) is 7.41. The van der Waals surface area contributed by atoms with E-state index in [1.807, 2.05) is 0 Å². The van der Waals surface area contributed by atoms with Crippen LogP contribution in [0.4, 0.5) is 0 Å². The molecule has 0 atom stereocenters. The van der Waals surface area contributed by atoms with Gasteiger partial charge in [-0.25, -0.2) is 9.59 Å². The molecule has 2 aromatic carbocycles. The van der Waals surface area contributed by atoms with Crippen molar-refractivity contribution in [2.45, 2.75) is 0 Å². The second kappa shape index (κ2) is 5.94. The molecule has 1 heterocycles. The number of carbonyl (C=O) groups excluding carboxylic acids is 1. The Morgan fingerprint density at radius 3 is 2.68 bits per heavy atom. The summed E-state index contributed by atoms with van der Waals surface area (Å²) >= 11 is 9.27. The molecule has 4 nitrogen and oxygen atoms in total. The summed E-state index contributed by atoms with van der Waals surface area (Å²) in [4.78, 5) is 23.4. The number of hydrogen-bond acceptors (Lipinski definition) is 4. The van der Waals surface area contributed by atoms with Crippen LogP contribution in [0.25, 0.3) is 11.0 Å². The van der Waals surface area contributed by atoms with Gasteiger partial charge in [0.25, 0.3) is 0 Å². The fourth-order valence-corrected chi connectivity index (χ4v) is 2.48. The monoisotopic (exact) mass is 378 g/mol. The Morgan fingerprint density at radius 1 is 1.09 bits per heavy atom. The molecule has 0 fully saturated rings. The molecular formula is C16H8BrClO4. The van der Waals surface area contributed by atoms with Gasteiger partial charge in [0.1, 0.15) is 11.3 Å². The van der Waals surface area contributed by atoms with E-state index in [2.05, 4.69) is 15.9 Å². The van der Waals surface area contributed by atoms with E-state index in [0.29, 0.717) is 15.1 Å². The Hall–Kier alpha value is -2.11. The molecule has 0 radical (unpaired) electrons. The van der Waals surface area contributed by atoms with E-state index in [9.17, 15) is 9.59 Å². The van der Waals surface area contributed by atoms with Crippen molar-refractivity contribution >= 4 is 44.5 Å². The maximum absolute atomic E-state index is 12.2. The molecule has 110 valence electrons. The highest BCUT2D eigenvalue weighted by molar-refractivity contribution is 9.10. The third kappa shape index (κ3) is 3.05. The van der Waals surface area contributed by atoms with E-state index in [-0.39, 0.29) is 11.3 Å². The van der Waals surface area contributed by atoms with Gasteiger partial charge in [0, 0.05) is 22.0 Å². The van der Waals surface area contributed by atoms with Crippen molar-refractivity contribution in [2.24, 2.45) is 0 Å². The summed E-state index contributed by atoms with van der Waals surface area (Å²) in [6.07, 6.45) is 0. The van der Waals surface area contributed by atoms with Crippen molar-refractivity contribution in [3.63, 3.8) is 0 Å². The number of fused-ring (bicyclic) bond motifs is 1. The Kier molecular flexibility index (Phi) is 4.00. The van der Waals surface area contributed by atoms with Crippen LogP contribution < -0.4 is 10.4 Å². The minimum absolute atomic E-state index is 0.241. The molecule has 3 rings (SSSR count). The summed E-state index contributed by atoms with van der Waals surface area (Å²) < 4.78 is 11.0. The van der Waals surface area contributed by atoms with Crippen LogP contribution in [0, 0.1) is 0 Å². The maximum atomic E-state index is 12.2. The van der Waals surface area contributed by atoms with Crippen LogP contribution in [0.3, 0.4) is 0 Å². The first-order valence-electron chi connectivity index (χ1n) is 6.24. The molecule has 0 saturated carbocycles. The van der Waals surface area contributed by atoms with Gasteiger partial charge in [-0.3, -0.25) is 0 Å².